The van der Waals surface area contributed by atoms with Crippen molar-refractivity contribution >= 4 is 34.1 Å². The van der Waals surface area contributed by atoms with Crippen molar-refractivity contribution in [2.75, 3.05) is 5.43 Å². The molecular formula is C23H16ClN3O. The minimum atomic E-state index is -0.0814. The van der Waals surface area contributed by atoms with E-state index >= 15 is 0 Å². The number of carbonyl (C=O) groups is 1. The van der Waals surface area contributed by atoms with E-state index in [2.05, 4.69) is 5.43 Å². The first-order valence-corrected chi connectivity index (χ1v) is 9.39. The number of halogens is 1. The average molecular weight is 386 g/mol. The first kappa shape index (κ1) is 16.8. The van der Waals surface area contributed by atoms with Crippen molar-refractivity contribution in [2.24, 2.45) is 0 Å². The Morgan fingerprint density at radius 2 is 1.57 bits per heavy atom. The normalized spacial score (nSPS) is 13.0. The summed E-state index contributed by atoms with van der Waals surface area (Å²) in [7, 11) is 0. The Morgan fingerprint density at radius 1 is 0.857 bits per heavy atom. The van der Waals surface area contributed by atoms with Crippen LogP contribution in [-0.2, 0) is 6.54 Å². The molecule has 0 spiro atoms. The summed E-state index contributed by atoms with van der Waals surface area (Å²) in [5.41, 5.74) is 8.27. The predicted molar refractivity (Wildman–Crippen MR) is 112 cm³/mol. The second kappa shape index (κ2) is 6.66. The quantitative estimate of drug-likeness (QED) is 0.503. The molecule has 1 N–H and O–H groups in total. The molecule has 1 aliphatic rings. The van der Waals surface area contributed by atoms with E-state index in [0.29, 0.717) is 17.1 Å². The molecule has 5 heteroatoms. The molecule has 0 bridgehead atoms. The standard InChI is InChI=1S/C23H16ClN3O/c24-16-10-12-17(13-11-16)26-27-14-20-22(23(27)28)21(15-6-2-1-3-7-15)18-8-4-5-9-19(18)25-20/h1-13,26H,14H2. The molecule has 0 aliphatic carbocycles. The van der Waals surface area contributed by atoms with Crippen LogP contribution in [0.3, 0.4) is 0 Å². The van der Waals surface area contributed by atoms with Gasteiger partial charge in [-0.25, -0.2) is 9.99 Å². The number of nitrogens with zero attached hydrogens (tertiary/aromatic N) is 2. The Bertz CT molecular complexity index is 1190. The summed E-state index contributed by atoms with van der Waals surface area (Å²) in [4.78, 5) is 18.1. The van der Waals surface area contributed by atoms with Gasteiger partial charge in [-0.15, -0.1) is 0 Å². The number of carbonyl (C=O) groups excluding carboxylic acids is 1. The van der Waals surface area contributed by atoms with Crippen LogP contribution in [0.4, 0.5) is 5.69 Å². The molecule has 5 rings (SSSR count). The minimum Gasteiger partial charge on any atom is -0.295 e. The number of hydrazine groups is 1. The zero-order valence-electron chi connectivity index (χ0n) is 14.9. The summed E-state index contributed by atoms with van der Waals surface area (Å²) in [6, 6.07) is 25.2. The summed E-state index contributed by atoms with van der Waals surface area (Å²) in [6.45, 7) is 0.404. The monoisotopic (exact) mass is 385 g/mol. The Hall–Kier alpha value is -3.37. The summed E-state index contributed by atoms with van der Waals surface area (Å²) < 4.78 is 0. The summed E-state index contributed by atoms with van der Waals surface area (Å²) in [6.07, 6.45) is 0. The molecule has 3 aromatic carbocycles. The highest BCUT2D eigenvalue weighted by molar-refractivity contribution is 6.30. The topological polar surface area (TPSA) is 45.2 Å². The summed E-state index contributed by atoms with van der Waals surface area (Å²) >= 11 is 5.96. The van der Waals surface area contributed by atoms with Crippen molar-refractivity contribution < 1.29 is 4.79 Å². The van der Waals surface area contributed by atoms with Gasteiger partial charge in [0.25, 0.3) is 5.91 Å². The lowest BCUT2D eigenvalue weighted by atomic mass is 9.95. The molecule has 0 saturated carbocycles. The third-order valence-electron chi connectivity index (χ3n) is 4.91. The number of fused-ring (bicyclic) bond motifs is 2. The molecular weight excluding hydrogens is 370 g/mol. The van der Waals surface area contributed by atoms with E-state index in [0.717, 1.165) is 33.4 Å². The van der Waals surface area contributed by atoms with Crippen LogP contribution in [0.25, 0.3) is 22.0 Å². The van der Waals surface area contributed by atoms with Crippen LogP contribution in [0, 0.1) is 0 Å². The van der Waals surface area contributed by atoms with E-state index in [1.807, 2.05) is 66.7 Å². The van der Waals surface area contributed by atoms with E-state index < -0.39 is 0 Å². The Labute approximate surface area is 167 Å². The average Bonchev–Trinajstić information content (AvgIpc) is 3.03. The van der Waals surface area contributed by atoms with E-state index in [4.69, 9.17) is 16.6 Å². The van der Waals surface area contributed by atoms with Gasteiger partial charge in [-0.2, -0.15) is 0 Å². The number of benzene rings is 3. The number of rotatable bonds is 3. The molecule has 0 atom stereocenters. The van der Waals surface area contributed by atoms with Crippen LogP contribution < -0.4 is 5.43 Å². The highest BCUT2D eigenvalue weighted by Crippen LogP contribution is 2.37. The maximum absolute atomic E-state index is 13.3. The first-order valence-electron chi connectivity index (χ1n) is 9.02. The molecule has 28 heavy (non-hydrogen) atoms. The number of aromatic nitrogens is 1. The Balaban J connectivity index is 1.64. The van der Waals surface area contributed by atoms with Gasteiger partial charge >= 0.3 is 0 Å². The molecule has 4 nitrogen and oxygen atoms in total. The fraction of sp³-hybridized carbons (Fsp3) is 0.0435. The largest absolute Gasteiger partial charge is 0.295 e. The number of nitrogens with one attached hydrogen (secondary N) is 1. The molecule has 4 aromatic rings. The van der Waals surface area contributed by atoms with E-state index in [1.54, 1.807) is 17.1 Å². The molecule has 0 saturated heterocycles. The van der Waals surface area contributed by atoms with Crippen LogP contribution in [0.2, 0.25) is 5.02 Å². The second-order valence-electron chi connectivity index (χ2n) is 6.70. The van der Waals surface area contributed by atoms with Crippen LogP contribution in [0.5, 0.6) is 0 Å². The summed E-state index contributed by atoms with van der Waals surface area (Å²) in [5, 5.41) is 3.24. The Morgan fingerprint density at radius 3 is 2.36 bits per heavy atom. The predicted octanol–water partition coefficient (Wildman–Crippen LogP) is 5.54. The van der Waals surface area contributed by atoms with Gasteiger partial charge in [0.15, 0.2) is 0 Å². The number of amides is 1. The molecule has 1 aliphatic heterocycles. The third-order valence-corrected chi connectivity index (χ3v) is 5.16. The van der Waals surface area contributed by atoms with Crippen LogP contribution in [0.15, 0.2) is 78.9 Å². The molecule has 1 aromatic heterocycles. The van der Waals surface area contributed by atoms with E-state index in [1.165, 1.54) is 0 Å². The van der Waals surface area contributed by atoms with Crippen LogP contribution in [-0.4, -0.2) is 15.9 Å². The van der Waals surface area contributed by atoms with Crippen molar-refractivity contribution in [1.29, 1.82) is 0 Å². The van der Waals surface area contributed by atoms with Gasteiger partial charge in [0, 0.05) is 16.0 Å². The van der Waals surface area contributed by atoms with Gasteiger partial charge in [-0.1, -0.05) is 60.1 Å². The lowest BCUT2D eigenvalue weighted by molar-refractivity contribution is 0.0815. The van der Waals surface area contributed by atoms with Gasteiger partial charge in [0.05, 0.1) is 29.0 Å². The van der Waals surface area contributed by atoms with Crippen molar-refractivity contribution in [3.05, 3.63) is 95.1 Å². The van der Waals surface area contributed by atoms with Gasteiger partial charge < -0.3 is 0 Å². The van der Waals surface area contributed by atoms with Crippen molar-refractivity contribution in [1.82, 2.24) is 9.99 Å². The van der Waals surface area contributed by atoms with Crippen LogP contribution in [0.1, 0.15) is 16.1 Å². The zero-order chi connectivity index (χ0) is 19.1. The molecule has 1 amide bonds. The maximum Gasteiger partial charge on any atom is 0.275 e. The number of hydrogen-bond donors (Lipinski definition) is 1. The van der Waals surface area contributed by atoms with E-state index in [9.17, 15) is 4.79 Å². The second-order valence-corrected chi connectivity index (χ2v) is 7.14. The van der Waals surface area contributed by atoms with Crippen molar-refractivity contribution in [3.63, 3.8) is 0 Å². The fourth-order valence-corrected chi connectivity index (χ4v) is 3.77. The smallest absolute Gasteiger partial charge is 0.275 e. The highest BCUT2D eigenvalue weighted by Gasteiger charge is 2.33. The van der Waals surface area contributed by atoms with Gasteiger partial charge in [0.2, 0.25) is 0 Å². The van der Waals surface area contributed by atoms with Crippen LogP contribution >= 0.6 is 11.6 Å². The molecule has 136 valence electrons. The van der Waals surface area contributed by atoms with Crippen molar-refractivity contribution in [2.45, 2.75) is 6.54 Å². The number of pyridine rings is 1. The minimum absolute atomic E-state index is 0.0814. The zero-order valence-corrected chi connectivity index (χ0v) is 15.6. The fourth-order valence-electron chi connectivity index (χ4n) is 3.64. The third kappa shape index (κ3) is 2.79. The molecule has 0 radical (unpaired) electrons. The van der Waals surface area contributed by atoms with Gasteiger partial charge in [-0.3, -0.25) is 10.2 Å². The SMILES string of the molecule is O=C1c2c(nc3ccccc3c2-c2ccccc2)CN1Nc1ccc(Cl)cc1. The maximum atomic E-state index is 13.3. The van der Waals surface area contributed by atoms with Gasteiger partial charge in [-0.05, 0) is 35.9 Å². The first-order chi connectivity index (χ1) is 13.7. The molecule has 2 heterocycles. The Kier molecular flexibility index (Phi) is 3.99. The molecule has 0 fully saturated rings. The van der Waals surface area contributed by atoms with E-state index in [-0.39, 0.29) is 5.91 Å². The highest BCUT2D eigenvalue weighted by atomic mass is 35.5. The van der Waals surface area contributed by atoms with Gasteiger partial charge in [0.1, 0.15) is 0 Å². The number of anilines is 1. The molecule has 0 unspecified atom stereocenters. The summed E-state index contributed by atoms with van der Waals surface area (Å²) in [5.74, 6) is -0.0814. The number of hydrogen-bond acceptors (Lipinski definition) is 3. The van der Waals surface area contributed by atoms with Crippen molar-refractivity contribution in [3.8, 4) is 11.1 Å². The lowest BCUT2D eigenvalue weighted by Gasteiger charge is -2.18. The lowest BCUT2D eigenvalue weighted by Crippen LogP contribution is -2.30. The number of para-hydroxylation sites is 1.